The molecule has 0 aliphatic carbocycles. The van der Waals surface area contributed by atoms with Crippen LogP contribution in [0.5, 0.6) is 0 Å². The number of carbonyl (C=O) groups excluding carboxylic acids is 1. The summed E-state index contributed by atoms with van der Waals surface area (Å²) in [7, 11) is 0. The highest BCUT2D eigenvalue weighted by Crippen LogP contribution is 2.20. The summed E-state index contributed by atoms with van der Waals surface area (Å²) in [5.41, 5.74) is 6.66. The number of rotatable bonds is 3. The van der Waals surface area contributed by atoms with Crippen molar-refractivity contribution in [2.45, 2.75) is 0 Å². The van der Waals surface area contributed by atoms with Crippen molar-refractivity contribution >= 4 is 48.0 Å². The van der Waals surface area contributed by atoms with Crippen LogP contribution in [0.25, 0.3) is 0 Å². The molecule has 0 radical (unpaired) electrons. The van der Waals surface area contributed by atoms with Gasteiger partial charge in [-0.3, -0.25) is 4.79 Å². The van der Waals surface area contributed by atoms with E-state index in [-0.39, 0.29) is 30.7 Å². The van der Waals surface area contributed by atoms with E-state index in [9.17, 15) is 4.79 Å². The van der Waals surface area contributed by atoms with Crippen molar-refractivity contribution in [1.29, 1.82) is 0 Å². The van der Waals surface area contributed by atoms with E-state index in [4.69, 9.17) is 10.5 Å². The van der Waals surface area contributed by atoms with E-state index < -0.39 is 0 Å². The van der Waals surface area contributed by atoms with Crippen LogP contribution in [0.2, 0.25) is 0 Å². The Kier molecular flexibility index (Phi) is 7.70. The molecule has 3 N–H and O–H groups in total. The smallest absolute Gasteiger partial charge is 0.259 e. The standard InChI is InChI=1S/C15H17N5O2.2ClH/c16-13-4-3-11(10-18-13)19-15(21)12-2-1-5-17-14(12)20-6-8-22-9-7-20;;/h1-5,10H,6-9H2,(H2,16,18)(H,19,21);2*1H. The van der Waals surface area contributed by atoms with E-state index >= 15 is 0 Å². The first kappa shape index (κ1) is 20.0. The van der Waals surface area contributed by atoms with Gasteiger partial charge in [-0.2, -0.15) is 0 Å². The van der Waals surface area contributed by atoms with Gasteiger partial charge in [0.25, 0.3) is 5.91 Å². The van der Waals surface area contributed by atoms with Crippen molar-refractivity contribution in [1.82, 2.24) is 9.97 Å². The van der Waals surface area contributed by atoms with E-state index in [1.54, 1.807) is 30.5 Å². The molecule has 0 spiro atoms. The number of morpholine rings is 1. The molecule has 0 atom stereocenters. The third kappa shape index (κ3) is 4.70. The zero-order valence-corrected chi connectivity index (χ0v) is 14.5. The summed E-state index contributed by atoms with van der Waals surface area (Å²) in [5, 5.41) is 2.81. The van der Waals surface area contributed by atoms with Gasteiger partial charge in [0.15, 0.2) is 0 Å². The van der Waals surface area contributed by atoms with Gasteiger partial charge in [-0.25, -0.2) is 9.97 Å². The molecule has 7 nitrogen and oxygen atoms in total. The number of aromatic nitrogens is 2. The molecule has 2 aromatic heterocycles. The Morgan fingerprint density at radius 1 is 1.17 bits per heavy atom. The molecule has 9 heteroatoms. The average Bonchev–Trinajstić information content (AvgIpc) is 2.58. The highest BCUT2D eigenvalue weighted by atomic mass is 35.5. The number of hydrogen-bond donors (Lipinski definition) is 2. The van der Waals surface area contributed by atoms with Gasteiger partial charge in [-0.15, -0.1) is 24.8 Å². The summed E-state index contributed by atoms with van der Waals surface area (Å²) in [6.45, 7) is 2.72. The van der Waals surface area contributed by atoms with Crippen LogP contribution in [0.1, 0.15) is 10.4 Å². The molecule has 0 bridgehead atoms. The third-order valence-electron chi connectivity index (χ3n) is 3.39. The van der Waals surface area contributed by atoms with E-state index in [0.717, 1.165) is 13.1 Å². The molecule has 2 aromatic rings. The quantitative estimate of drug-likeness (QED) is 0.856. The number of carbonyl (C=O) groups is 1. The number of pyridine rings is 2. The molecule has 3 heterocycles. The number of amides is 1. The predicted octanol–water partition coefficient (Wildman–Crippen LogP) is 1.99. The lowest BCUT2D eigenvalue weighted by Crippen LogP contribution is -2.38. The van der Waals surface area contributed by atoms with Crippen LogP contribution in [-0.4, -0.2) is 42.2 Å². The van der Waals surface area contributed by atoms with Crippen molar-refractivity contribution in [3.63, 3.8) is 0 Å². The number of nitrogens with one attached hydrogen (secondary N) is 1. The van der Waals surface area contributed by atoms with Crippen LogP contribution in [0.4, 0.5) is 17.3 Å². The van der Waals surface area contributed by atoms with Gasteiger partial charge < -0.3 is 20.7 Å². The summed E-state index contributed by atoms with van der Waals surface area (Å²) >= 11 is 0. The van der Waals surface area contributed by atoms with Crippen molar-refractivity contribution in [3.8, 4) is 0 Å². The molecule has 130 valence electrons. The summed E-state index contributed by atoms with van der Waals surface area (Å²) < 4.78 is 5.34. The Morgan fingerprint density at radius 3 is 2.58 bits per heavy atom. The monoisotopic (exact) mass is 371 g/mol. The number of halogens is 2. The maximum absolute atomic E-state index is 12.5. The SMILES string of the molecule is Cl.Cl.Nc1ccc(NC(=O)c2cccnc2N2CCOCC2)cn1. The van der Waals surface area contributed by atoms with Crippen LogP contribution in [0, 0.1) is 0 Å². The molecule has 1 amide bonds. The van der Waals surface area contributed by atoms with Gasteiger partial charge in [0, 0.05) is 19.3 Å². The fourth-order valence-corrected chi connectivity index (χ4v) is 2.28. The highest BCUT2D eigenvalue weighted by molar-refractivity contribution is 6.07. The topological polar surface area (TPSA) is 93.4 Å². The first-order valence-electron chi connectivity index (χ1n) is 7.04. The second-order valence-corrected chi connectivity index (χ2v) is 4.90. The Hall–Kier alpha value is -2.09. The molecule has 1 saturated heterocycles. The molecule has 1 fully saturated rings. The number of nitrogen functional groups attached to an aromatic ring is 1. The fraction of sp³-hybridized carbons (Fsp3) is 0.267. The minimum Gasteiger partial charge on any atom is -0.384 e. The van der Waals surface area contributed by atoms with Gasteiger partial charge in [-0.1, -0.05) is 0 Å². The number of anilines is 3. The number of ether oxygens (including phenoxy) is 1. The Labute approximate surface area is 152 Å². The largest absolute Gasteiger partial charge is 0.384 e. The summed E-state index contributed by atoms with van der Waals surface area (Å²) in [6, 6.07) is 6.87. The molecule has 1 aliphatic rings. The Balaban J connectivity index is 0.00000144. The number of nitrogens with two attached hydrogens (primary N) is 1. The van der Waals surface area contributed by atoms with Crippen LogP contribution >= 0.6 is 24.8 Å². The minimum atomic E-state index is -0.221. The molecule has 0 unspecified atom stereocenters. The van der Waals surface area contributed by atoms with Crippen LogP contribution in [0.15, 0.2) is 36.7 Å². The lowest BCUT2D eigenvalue weighted by Gasteiger charge is -2.29. The van der Waals surface area contributed by atoms with E-state index in [2.05, 4.69) is 20.2 Å². The van der Waals surface area contributed by atoms with Gasteiger partial charge in [0.05, 0.1) is 30.7 Å². The fourth-order valence-electron chi connectivity index (χ4n) is 2.28. The van der Waals surface area contributed by atoms with Crippen molar-refractivity contribution in [2.24, 2.45) is 0 Å². The first-order valence-corrected chi connectivity index (χ1v) is 7.04. The summed E-state index contributed by atoms with van der Waals surface area (Å²) in [4.78, 5) is 22.9. The molecular weight excluding hydrogens is 353 g/mol. The van der Waals surface area contributed by atoms with Gasteiger partial charge in [-0.05, 0) is 24.3 Å². The lowest BCUT2D eigenvalue weighted by molar-refractivity contribution is 0.102. The van der Waals surface area contributed by atoms with Gasteiger partial charge in [0.1, 0.15) is 11.6 Å². The van der Waals surface area contributed by atoms with E-state index in [1.165, 1.54) is 6.20 Å². The molecule has 24 heavy (non-hydrogen) atoms. The van der Waals surface area contributed by atoms with Crippen LogP contribution in [-0.2, 0) is 4.74 Å². The number of hydrogen-bond acceptors (Lipinski definition) is 6. The highest BCUT2D eigenvalue weighted by Gasteiger charge is 2.19. The second-order valence-electron chi connectivity index (χ2n) is 4.90. The van der Waals surface area contributed by atoms with Crippen molar-refractivity contribution < 1.29 is 9.53 Å². The Bertz CT molecular complexity index is 663. The van der Waals surface area contributed by atoms with E-state index in [0.29, 0.717) is 36.1 Å². The van der Waals surface area contributed by atoms with Gasteiger partial charge in [0.2, 0.25) is 0 Å². The first-order chi connectivity index (χ1) is 10.7. The van der Waals surface area contributed by atoms with Crippen molar-refractivity contribution in [3.05, 3.63) is 42.2 Å². The second kappa shape index (κ2) is 9.27. The molecule has 3 rings (SSSR count). The molecule has 0 saturated carbocycles. The van der Waals surface area contributed by atoms with E-state index in [1.807, 2.05) is 0 Å². The van der Waals surface area contributed by atoms with Crippen LogP contribution in [0.3, 0.4) is 0 Å². The zero-order chi connectivity index (χ0) is 15.4. The normalized spacial score (nSPS) is 13.4. The molecule has 1 aliphatic heterocycles. The summed E-state index contributed by atoms with van der Waals surface area (Å²) in [5.74, 6) is 0.862. The third-order valence-corrected chi connectivity index (χ3v) is 3.39. The van der Waals surface area contributed by atoms with Gasteiger partial charge >= 0.3 is 0 Å². The maximum Gasteiger partial charge on any atom is 0.259 e. The van der Waals surface area contributed by atoms with Crippen molar-refractivity contribution in [2.75, 3.05) is 42.3 Å². The zero-order valence-electron chi connectivity index (χ0n) is 12.8. The number of nitrogens with zero attached hydrogens (tertiary/aromatic N) is 3. The molecular formula is C15H19Cl2N5O2. The predicted molar refractivity (Wildman–Crippen MR) is 98.4 cm³/mol. The van der Waals surface area contributed by atoms with Crippen LogP contribution < -0.4 is 16.0 Å². The lowest BCUT2D eigenvalue weighted by atomic mass is 10.2. The Morgan fingerprint density at radius 2 is 1.92 bits per heavy atom. The average molecular weight is 372 g/mol. The minimum absolute atomic E-state index is 0. The molecule has 0 aromatic carbocycles. The maximum atomic E-state index is 12.5. The summed E-state index contributed by atoms with van der Waals surface area (Å²) in [6.07, 6.45) is 3.21.